The molecule has 21 heavy (non-hydrogen) atoms. The van der Waals surface area contributed by atoms with Crippen LogP contribution in [0.2, 0.25) is 0 Å². The third-order valence-electron chi connectivity index (χ3n) is 2.83. The maximum Gasteiger partial charge on any atom is 0.189 e. The summed E-state index contributed by atoms with van der Waals surface area (Å²) in [7, 11) is 3.16. The number of benzene rings is 1. The number of nitrogen functional groups attached to an aromatic ring is 1. The molecule has 6 nitrogen and oxygen atoms in total. The van der Waals surface area contributed by atoms with E-state index in [1.165, 1.54) is 11.3 Å². The van der Waals surface area contributed by atoms with Gasteiger partial charge in [0, 0.05) is 30.3 Å². The first kappa shape index (κ1) is 15.1. The van der Waals surface area contributed by atoms with E-state index < -0.39 is 0 Å². The van der Waals surface area contributed by atoms with Gasteiger partial charge in [0.2, 0.25) is 0 Å². The molecule has 3 N–H and O–H groups in total. The predicted molar refractivity (Wildman–Crippen MR) is 84.0 cm³/mol. The summed E-state index contributed by atoms with van der Waals surface area (Å²) >= 11 is 1.24. The van der Waals surface area contributed by atoms with Crippen molar-refractivity contribution in [3.05, 3.63) is 23.1 Å². The summed E-state index contributed by atoms with van der Waals surface area (Å²) in [5.41, 5.74) is 6.52. The highest BCUT2D eigenvalue weighted by Gasteiger charge is 2.15. The normalized spacial score (nSPS) is 10.2. The summed E-state index contributed by atoms with van der Waals surface area (Å²) in [4.78, 5) is 16.4. The highest BCUT2D eigenvalue weighted by molar-refractivity contribution is 7.18. The smallest absolute Gasteiger partial charge is 0.189 e. The Labute approximate surface area is 126 Å². The second-order valence-electron chi connectivity index (χ2n) is 4.24. The van der Waals surface area contributed by atoms with Crippen LogP contribution in [0.4, 0.5) is 16.6 Å². The number of nitrogens with two attached hydrogens (primary N) is 1. The molecule has 0 saturated carbocycles. The molecular weight excluding hydrogens is 290 g/mol. The Morgan fingerprint density at radius 2 is 1.90 bits per heavy atom. The zero-order chi connectivity index (χ0) is 15.4. The van der Waals surface area contributed by atoms with E-state index >= 15 is 0 Å². The zero-order valence-corrected chi connectivity index (χ0v) is 12.9. The first-order valence-electron chi connectivity index (χ1n) is 6.37. The third-order valence-corrected chi connectivity index (χ3v) is 3.86. The lowest BCUT2D eigenvalue weighted by molar-refractivity contribution is 0.0992. The Morgan fingerprint density at radius 1 is 1.29 bits per heavy atom. The van der Waals surface area contributed by atoms with Crippen molar-refractivity contribution in [2.75, 3.05) is 25.3 Å². The maximum atomic E-state index is 11.7. The molecule has 0 unspecified atom stereocenters. The minimum atomic E-state index is -0.0127. The average Bonchev–Trinajstić information content (AvgIpc) is 2.86. The van der Waals surface area contributed by atoms with E-state index in [1.807, 2.05) is 0 Å². The molecule has 0 fully saturated rings. The van der Waals surface area contributed by atoms with Gasteiger partial charge in [0.05, 0.1) is 14.2 Å². The summed E-state index contributed by atoms with van der Waals surface area (Å²) < 4.78 is 10.4. The minimum Gasteiger partial charge on any atom is -0.497 e. The number of nitrogens with one attached hydrogen (secondary N) is 1. The number of anilines is 3. The van der Waals surface area contributed by atoms with Gasteiger partial charge in [0.15, 0.2) is 10.9 Å². The highest BCUT2D eigenvalue weighted by atomic mass is 32.1. The Balaban J connectivity index is 2.27. The van der Waals surface area contributed by atoms with E-state index in [1.54, 1.807) is 39.3 Å². The van der Waals surface area contributed by atoms with E-state index in [-0.39, 0.29) is 11.6 Å². The summed E-state index contributed by atoms with van der Waals surface area (Å²) in [5.74, 6) is 1.56. The Morgan fingerprint density at radius 3 is 2.43 bits per heavy atom. The molecule has 1 aromatic carbocycles. The minimum absolute atomic E-state index is 0.0127. The van der Waals surface area contributed by atoms with Crippen molar-refractivity contribution in [2.45, 2.75) is 13.3 Å². The molecule has 1 aromatic heterocycles. The average molecular weight is 307 g/mol. The van der Waals surface area contributed by atoms with Crippen LogP contribution < -0.4 is 20.5 Å². The number of ether oxygens (including phenoxy) is 2. The van der Waals surface area contributed by atoms with Crippen LogP contribution in [0.5, 0.6) is 11.5 Å². The fourth-order valence-electron chi connectivity index (χ4n) is 1.75. The van der Waals surface area contributed by atoms with Crippen molar-refractivity contribution in [2.24, 2.45) is 0 Å². The molecule has 0 aliphatic heterocycles. The number of hydrogen-bond donors (Lipinski definition) is 2. The second kappa shape index (κ2) is 6.45. The summed E-state index contributed by atoms with van der Waals surface area (Å²) in [6, 6.07) is 5.39. The number of aromatic nitrogens is 1. The van der Waals surface area contributed by atoms with E-state index in [9.17, 15) is 4.79 Å². The highest BCUT2D eigenvalue weighted by Crippen LogP contribution is 2.32. The van der Waals surface area contributed by atoms with Gasteiger partial charge in [0.1, 0.15) is 22.2 Å². The standard InChI is InChI=1S/C14H17N3O3S/c1-4-11(18)12-13(15)17-14(21-12)16-8-5-9(19-2)7-10(6-8)20-3/h5-7H,4,15H2,1-3H3,(H,16,17). The van der Waals surface area contributed by atoms with Gasteiger partial charge in [-0.1, -0.05) is 18.3 Å². The van der Waals surface area contributed by atoms with Crippen LogP contribution in [0.25, 0.3) is 0 Å². The Bertz CT molecular complexity index is 633. The number of nitrogens with zero attached hydrogens (tertiary/aromatic N) is 1. The molecule has 112 valence electrons. The first-order valence-corrected chi connectivity index (χ1v) is 7.18. The lowest BCUT2D eigenvalue weighted by atomic mass is 10.3. The molecule has 0 bridgehead atoms. The molecule has 0 aliphatic rings. The summed E-state index contributed by atoms with van der Waals surface area (Å²) in [6.07, 6.45) is 0.402. The number of carbonyl (C=O) groups excluding carboxylic acids is 1. The quantitative estimate of drug-likeness (QED) is 0.798. The number of hydrogen-bond acceptors (Lipinski definition) is 7. The van der Waals surface area contributed by atoms with Gasteiger partial charge < -0.3 is 20.5 Å². The van der Waals surface area contributed by atoms with Crippen LogP contribution >= 0.6 is 11.3 Å². The molecule has 1 heterocycles. The van der Waals surface area contributed by atoms with Crippen LogP contribution in [-0.4, -0.2) is 25.0 Å². The van der Waals surface area contributed by atoms with Gasteiger partial charge in [-0.2, -0.15) is 0 Å². The number of methoxy groups -OCH3 is 2. The fraction of sp³-hybridized carbons (Fsp3) is 0.286. The van der Waals surface area contributed by atoms with Crippen LogP contribution in [0, 0.1) is 0 Å². The van der Waals surface area contributed by atoms with Gasteiger partial charge in [-0.25, -0.2) is 4.98 Å². The van der Waals surface area contributed by atoms with Gasteiger partial charge in [-0.15, -0.1) is 0 Å². The SMILES string of the molecule is CCC(=O)c1sc(Nc2cc(OC)cc(OC)c2)nc1N. The topological polar surface area (TPSA) is 86.5 Å². The molecule has 7 heteroatoms. The van der Waals surface area contributed by atoms with E-state index in [2.05, 4.69) is 10.3 Å². The van der Waals surface area contributed by atoms with Crippen LogP contribution in [0.3, 0.4) is 0 Å². The van der Waals surface area contributed by atoms with Crippen molar-refractivity contribution in [3.8, 4) is 11.5 Å². The first-order chi connectivity index (χ1) is 10.1. The molecule has 2 aromatic rings. The van der Waals surface area contributed by atoms with Gasteiger partial charge in [0.25, 0.3) is 0 Å². The number of carbonyl (C=O) groups is 1. The number of rotatable bonds is 6. The van der Waals surface area contributed by atoms with E-state index in [4.69, 9.17) is 15.2 Å². The largest absolute Gasteiger partial charge is 0.497 e. The monoisotopic (exact) mass is 307 g/mol. The number of ketones is 1. The lowest BCUT2D eigenvalue weighted by Gasteiger charge is -2.08. The molecule has 0 radical (unpaired) electrons. The third kappa shape index (κ3) is 3.43. The van der Waals surface area contributed by atoms with Gasteiger partial charge in [-0.3, -0.25) is 4.79 Å². The van der Waals surface area contributed by atoms with E-state index in [0.29, 0.717) is 27.9 Å². The molecule has 0 saturated heterocycles. The van der Waals surface area contributed by atoms with E-state index in [0.717, 1.165) is 5.69 Å². The number of thiazole rings is 1. The van der Waals surface area contributed by atoms with Crippen LogP contribution in [-0.2, 0) is 0 Å². The van der Waals surface area contributed by atoms with Crippen LogP contribution in [0.15, 0.2) is 18.2 Å². The van der Waals surface area contributed by atoms with Crippen LogP contribution in [0.1, 0.15) is 23.0 Å². The molecule has 2 rings (SSSR count). The second-order valence-corrected chi connectivity index (χ2v) is 5.24. The van der Waals surface area contributed by atoms with Crippen molar-refractivity contribution in [3.63, 3.8) is 0 Å². The van der Waals surface area contributed by atoms with Crippen molar-refractivity contribution in [1.29, 1.82) is 0 Å². The Hall–Kier alpha value is -2.28. The lowest BCUT2D eigenvalue weighted by Crippen LogP contribution is -1.98. The molecule has 0 amide bonds. The fourth-order valence-corrected chi connectivity index (χ4v) is 2.66. The zero-order valence-electron chi connectivity index (χ0n) is 12.1. The molecule has 0 spiro atoms. The summed E-state index contributed by atoms with van der Waals surface area (Å²) in [5, 5.41) is 3.66. The molecule has 0 atom stereocenters. The Kier molecular flexibility index (Phi) is 4.64. The molecule has 0 aliphatic carbocycles. The predicted octanol–water partition coefficient (Wildman–Crippen LogP) is 3.08. The summed E-state index contributed by atoms with van der Waals surface area (Å²) in [6.45, 7) is 1.79. The van der Waals surface area contributed by atoms with Gasteiger partial charge in [-0.05, 0) is 0 Å². The van der Waals surface area contributed by atoms with Gasteiger partial charge >= 0.3 is 0 Å². The van der Waals surface area contributed by atoms with Crippen molar-refractivity contribution >= 4 is 33.8 Å². The van der Waals surface area contributed by atoms with Crippen molar-refractivity contribution in [1.82, 2.24) is 4.98 Å². The molecular formula is C14H17N3O3S. The van der Waals surface area contributed by atoms with Crippen molar-refractivity contribution < 1.29 is 14.3 Å². The maximum absolute atomic E-state index is 11.7. The number of Topliss-reactive ketones (excluding diaryl/α,β-unsaturated/α-hetero) is 1.